The van der Waals surface area contributed by atoms with Crippen LogP contribution in [0.2, 0.25) is 0 Å². The maximum absolute atomic E-state index is 12.9. The van der Waals surface area contributed by atoms with E-state index in [2.05, 4.69) is 0 Å². The molecule has 0 heterocycles. The zero-order valence-corrected chi connectivity index (χ0v) is 8.72. The van der Waals surface area contributed by atoms with Crippen LogP contribution in [-0.4, -0.2) is 17.5 Å². The number of Topliss-reactive ketones (excluding diaryl/α,β-unsaturated/α-hetero) is 1. The molecule has 0 aliphatic rings. The van der Waals surface area contributed by atoms with Gasteiger partial charge in [0.15, 0.2) is 5.78 Å². The number of ketones is 1. The number of alkyl halides is 3. The van der Waals surface area contributed by atoms with E-state index in [1.165, 1.54) is 0 Å². The molecule has 6 heteroatoms. The predicted octanol–water partition coefficient (Wildman–Crippen LogP) is 2.80. The minimum Gasteiger partial charge on any atom is -0.396 e. The molecule has 0 spiro atoms. The maximum Gasteiger partial charge on any atom is 0.419 e. The number of aliphatic hydroxyl groups excluding tert-OH is 1. The fourth-order valence-electron chi connectivity index (χ4n) is 1.30. The number of benzene rings is 1. The Kier molecular flexibility index (Phi) is 4.22. The summed E-state index contributed by atoms with van der Waals surface area (Å²) in [5.74, 6) is -1.96. The Morgan fingerprint density at radius 3 is 2.47 bits per heavy atom. The van der Waals surface area contributed by atoms with Crippen LogP contribution in [0.15, 0.2) is 18.2 Å². The van der Waals surface area contributed by atoms with E-state index in [4.69, 9.17) is 5.11 Å². The summed E-state index contributed by atoms with van der Waals surface area (Å²) in [7, 11) is 0. The smallest absolute Gasteiger partial charge is 0.396 e. The standard InChI is InChI=1S/C11H10F4O2/c12-9-4-3-7(10(17)2-1-5-16)6-8(9)11(13,14)15/h3-4,6,16H,1-2,5H2. The monoisotopic (exact) mass is 250 g/mol. The molecule has 0 saturated heterocycles. The van der Waals surface area contributed by atoms with Crippen LogP contribution in [0.3, 0.4) is 0 Å². The summed E-state index contributed by atoms with van der Waals surface area (Å²) in [6.45, 7) is -0.223. The lowest BCUT2D eigenvalue weighted by molar-refractivity contribution is -0.140. The quantitative estimate of drug-likeness (QED) is 0.659. The summed E-state index contributed by atoms with van der Waals surface area (Å²) in [6, 6.07) is 2.12. The van der Waals surface area contributed by atoms with E-state index < -0.39 is 23.3 Å². The molecule has 0 atom stereocenters. The van der Waals surface area contributed by atoms with Crippen molar-refractivity contribution in [1.82, 2.24) is 0 Å². The molecular formula is C11H10F4O2. The van der Waals surface area contributed by atoms with Gasteiger partial charge in [-0.3, -0.25) is 4.79 Å². The number of hydrogen-bond acceptors (Lipinski definition) is 2. The maximum atomic E-state index is 12.9. The van der Waals surface area contributed by atoms with Gasteiger partial charge in [0.05, 0.1) is 5.56 Å². The topological polar surface area (TPSA) is 37.3 Å². The van der Waals surface area contributed by atoms with Gasteiger partial charge in [0, 0.05) is 18.6 Å². The normalized spacial score (nSPS) is 11.6. The summed E-state index contributed by atoms with van der Waals surface area (Å²) < 4.78 is 50.0. The molecule has 0 aliphatic carbocycles. The molecule has 0 fully saturated rings. The van der Waals surface area contributed by atoms with Crippen LogP contribution in [0.4, 0.5) is 17.6 Å². The first kappa shape index (κ1) is 13.6. The van der Waals surface area contributed by atoms with Crippen LogP contribution in [0.1, 0.15) is 28.8 Å². The van der Waals surface area contributed by atoms with Crippen LogP contribution >= 0.6 is 0 Å². The summed E-state index contributed by atoms with van der Waals surface area (Å²) in [5, 5.41) is 8.50. The summed E-state index contributed by atoms with van der Waals surface area (Å²) >= 11 is 0. The fourth-order valence-corrected chi connectivity index (χ4v) is 1.30. The van der Waals surface area contributed by atoms with E-state index in [1.807, 2.05) is 0 Å². The lowest BCUT2D eigenvalue weighted by Gasteiger charge is -2.09. The number of carbonyl (C=O) groups excluding carboxylic acids is 1. The Labute approximate surface area is 94.9 Å². The van der Waals surface area contributed by atoms with Crippen molar-refractivity contribution in [2.75, 3.05) is 6.61 Å². The highest BCUT2D eigenvalue weighted by atomic mass is 19.4. The van der Waals surface area contributed by atoms with Gasteiger partial charge in [-0.2, -0.15) is 13.2 Å². The van der Waals surface area contributed by atoms with E-state index in [-0.39, 0.29) is 25.0 Å². The zero-order valence-electron chi connectivity index (χ0n) is 8.72. The van der Waals surface area contributed by atoms with Gasteiger partial charge in [0.25, 0.3) is 0 Å². The average Bonchev–Trinajstić information content (AvgIpc) is 2.25. The predicted molar refractivity (Wildman–Crippen MR) is 52.1 cm³/mol. The van der Waals surface area contributed by atoms with E-state index in [0.29, 0.717) is 12.1 Å². The van der Waals surface area contributed by atoms with Gasteiger partial charge in [-0.25, -0.2) is 4.39 Å². The molecule has 0 radical (unpaired) electrons. The van der Waals surface area contributed by atoms with Crippen LogP contribution in [-0.2, 0) is 6.18 Å². The van der Waals surface area contributed by atoms with Crippen molar-refractivity contribution in [2.45, 2.75) is 19.0 Å². The molecule has 94 valence electrons. The molecule has 17 heavy (non-hydrogen) atoms. The van der Waals surface area contributed by atoms with Gasteiger partial charge >= 0.3 is 6.18 Å². The van der Waals surface area contributed by atoms with Crippen LogP contribution in [0.25, 0.3) is 0 Å². The van der Waals surface area contributed by atoms with Crippen molar-refractivity contribution in [3.8, 4) is 0 Å². The van der Waals surface area contributed by atoms with Gasteiger partial charge in [0.1, 0.15) is 5.82 Å². The Morgan fingerprint density at radius 1 is 1.29 bits per heavy atom. The first-order chi connectivity index (χ1) is 7.86. The molecular weight excluding hydrogens is 240 g/mol. The SMILES string of the molecule is O=C(CCCO)c1ccc(F)c(C(F)(F)F)c1. The number of rotatable bonds is 4. The largest absolute Gasteiger partial charge is 0.419 e. The number of halogens is 4. The molecule has 2 nitrogen and oxygen atoms in total. The van der Waals surface area contributed by atoms with Crippen LogP contribution < -0.4 is 0 Å². The van der Waals surface area contributed by atoms with Gasteiger partial charge < -0.3 is 5.11 Å². The molecule has 0 bridgehead atoms. The highest BCUT2D eigenvalue weighted by molar-refractivity contribution is 5.96. The van der Waals surface area contributed by atoms with E-state index in [0.717, 1.165) is 6.07 Å². The lowest BCUT2D eigenvalue weighted by atomic mass is 10.0. The van der Waals surface area contributed by atoms with Crippen molar-refractivity contribution in [3.63, 3.8) is 0 Å². The molecule has 0 aromatic heterocycles. The summed E-state index contributed by atoms with van der Waals surface area (Å²) in [6.07, 6.45) is -4.73. The van der Waals surface area contributed by atoms with Crippen LogP contribution in [0, 0.1) is 5.82 Å². The molecule has 1 aromatic carbocycles. The lowest BCUT2D eigenvalue weighted by Crippen LogP contribution is -2.10. The minimum absolute atomic E-state index is 0.0700. The molecule has 0 aliphatic heterocycles. The molecule has 0 saturated carbocycles. The summed E-state index contributed by atoms with van der Waals surface area (Å²) in [4.78, 5) is 11.4. The van der Waals surface area contributed by atoms with Gasteiger partial charge in [-0.15, -0.1) is 0 Å². The van der Waals surface area contributed by atoms with Gasteiger partial charge in [-0.05, 0) is 24.6 Å². The Bertz CT molecular complexity index is 412. The van der Waals surface area contributed by atoms with Crippen LogP contribution in [0.5, 0.6) is 0 Å². The second-order valence-corrected chi connectivity index (χ2v) is 3.44. The second-order valence-electron chi connectivity index (χ2n) is 3.44. The zero-order chi connectivity index (χ0) is 13.1. The highest BCUT2D eigenvalue weighted by Crippen LogP contribution is 2.32. The number of carbonyl (C=O) groups is 1. The fraction of sp³-hybridized carbons (Fsp3) is 0.364. The molecule has 1 N–H and O–H groups in total. The number of hydrogen-bond donors (Lipinski definition) is 1. The highest BCUT2D eigenvalue weighted by Gasteiger charge is 2.34. The first-order valence-corrected chi connectivity index (χ1v) is 4.87. The third-order valence-electron chi connectivity index (χ3n) is 2.16. The summed E-state index contributed by atoms with van der Waals surface area (Å²) in [5.41, 5.74) is -1.65. The Balaban J connectivity index is 3.00. The first-order valence-electron chi connectivity index (χ1n) is 4.87. The van der Waals surface area contributed by atoms with Crippen molar-refractivity contribution in [2.24, 2.45) is 0 Å². The van der Waals surface area contributed by atoms with E-state index in [1.54, 1.807) is 0 Å². The molecule has 1 rings (SSSR count). The average molecular weight is 250 g/mol. The van der Waals surface area contributed by atoms with E-state index in [9.17, 15) is 22.4 Å². The molecule has 0 unspecified atom stereocenters. The van der Waals surface area contributed by atoms with Crippen molar-refractivity contribution in [3.05, 3.63) is 35.1 Å². The third kappa shape index (κ3) is 3.52. The van der Waals surface area contributed by atoms with Gasteiger partial charge in [0.2, 0.25) is 0 Å². The Morgan fingerprint density at radius 2 is 1.94 bits per heavy atom. The van der Waals surface area contributed by atoms with Gasteiger partial charge in [-0.1, -0.05) is 0 Å². The second kappa shape index (κ2) is 5.27. The molecule has 1 aromatic rings. The van der Waals surface area contributed by atoms with Crippen molar-refractivity contribution < 1.29 is 27.5 Å². The minimum atomic E-state index is -4.82. The molecule has 0 amide bonds. The Hall–Kier alpha value is -1.43. The van der Waals surface area contributed by atoms with E-state index >= 15 is 0 Å². The third-order valence-corrected chi connectivity index (χ3v) is 2.16. The van der Waals surface area contributed by atoms with Crippen molar-refractivity contribution in [1.29, 1.82) is 0 Å². The van der Waals surface area contributed by atoms with Crippen molar-refractivity contribution >= 4 is 5.78 Å². The number of aliphatic hydroxyl groups is 1.